The lowest BCUT2D eigenvalue weighted by molar-refractivity contribution is 0.526. The molecule has 0 spiro atoms. The van der Waals surface area contributed by atoms with Gasteiger partial charge in [0.25, 0.3) is 0 Å². The minimum Gasteiger partial charge on any atom is -0.309 e. The Bertz CT molecular complexity index is 530. The van der Waals surface area contributed by atoms with Gasteiger partial charge in [-0.25, -0.2) is 4.98 Å². The predicted octanol–water partition coefficient (Wildman–Crippen LogP) is 3.55. The Morgan fingerprint density at radius 1 is 1.26 bits per heavy atom. The highest BCUT2D eigenvalue weighted by atomic mass is 32.1. The van der Waals surface area contributed by atoms with E-state index in [4.69, 9.17) is 0 Å². The molecule has 1 N–H and O–H groups in total. The van der Waals surface area contributed by atoms with Gasteiger partial charge in [0.05, 0.1) is 5.69 Å². The first kappa shape index (κ1) is 12.8. The summed E-state index contributed by atoms with van der Waals surface area (Å²) in [5.74, 6) is 0. The molecule has 3 rings (SSSR count). The lowest BCUT2D eigenvalue weighted by Gasteiger charge is -2.10. The van der Waals surface area contributed by atoms with Gasteiger partial charge in [0.2, 0.25) is 0 Å². The first-order valence-corrected chi connectivity index (χ1v) is 7.74. The summed E-state index contributed by atoms with van der Waals surface area (Å²) in [5, 5.41) is 4.76. The summed E-state index contributed by atoms with van der Waals surface area (Å²) < 4.78 is 0. The van der Waals surface area contributed by atoms with E-state index in [1.54, 1.807) is 11.3 Å². The molecule has 1 aliphatic carbocycles. The quantitative estimate of drug-likeness (QED) is 0.925. The number of nitrogens with zero attached hydrogens (tertiary/aromatic N) is 2. The topological polar surface area (TPSA) is 37.8 Å². The molecule has 0 atom stereocenters. The van der Waals surface area contributed by atoms with Crippen LogP contribution in [0.1, 0.15) is 36.3 Å². The monoisotopic (exact) mass is 273 g/mol. The van der Waals surface area contributed by atoms with Gasteiger partial charge in [-0.1, -0.05) is 12.8 Å². The van der Waals surface area contributed by atoms with Crippen molar-refractivity contribution in [1.82, 2.24) is 15.3 Å². The minimum atomic E-state index is 0.714. The molecule has 2 heterocycles. The van der Waals surface area contributed by atoms with Crippen molar-refractivity contribution in [2.45, 2.75) is 45.2 Å². The number of thiazole rings is 1. The summed E-state index contributed by atoms with van der Waals surface area (Å²) in [6, 6.07) is 4.75. The zero-order valence-corrected chi connectivity index (χ0v) is 12.0. The third-order valence-electron chi connectivity index (χ3n) is 3.73. The van der Waals surface area contributed by atoms with E-state index in [2.05, 4.69) is 22.2 Å². The highest BCUT2D eigenvalue weighted by molar-refractivity contribution is 7.15. The van der Waals surface area contributed by atoms with Crippen molar-refractivity contribution in [3.05, 3.63) is 35.1 Å². The summed E-state index contributed by atoms with van der Waals surface area (Å²) >= 11 is 1.79. The zero-order chi connectivity index (χ0) is 13.1. The standard InChI is InChI=1S/C15H19N3S/c1-11-14(10-17-13-4-2-3-5-13)19-15(18-11)12-6-8-16-9-7-12/h6-9,13,17H,2-5,10H2,1H3. The van der Waals surface area contributed by atoms with Gasteiger partial charge < -0.3 is 5.32 Å². The Morgan fingerprint density at radius 2 is 2.00 bits per heavy atom. The lowest BCUT2D eigenvalue weighted by Crippen LogP contribution is -2.25. The van der Waals surface area contributed by atoms with Crippen molar-refractivity contribution in [2.75, 3.05) is 0 Å². The van der Waals surface area contributed by atoms with E-state index in [0.29, 0.717) is 6.04 Å². The molecule has 1 fully saturated rings. The van der Waals surface area contributed by atoms with Crippen LogP contribution in [0.2, 0.25) is 0 Å². The molecule has 19 heavy (non-hydrogen) atoms. The summed E-state index contributed by atoms with van der Waals surface area (Å²) in [6.45, 7) is 3.06. The largest absolute Gasteiger partial charge is 0.309 e. The molecule has 4 heteroatoms. The van der Waals surface area contributed by atoms with Crippen LogP contribution in [0.25, 0.3) is 10.6 Å². The van der Waals surface area contributed by atoms with Crippen molar-refractivity contribution < 1.29 is 0 Å². The fraction of sp³-hybridized carbons (Fsp3) is 0.467. The minimum absolute atomic E-state index is 0.714. The van der Waals surface area contributed by atoms with Crippen molar-refractivity contribution in [1.29, 1.82) is 0 Å². The van der Waals surface area contributed by atoms with Crippen LogP contribution in [0.4, 0.5) is 0 Å². The van der Waals surface area contributed by atoms with Gasteiger partial charge in [0, 0.05) is 35.4 Å². The number of aryl methyl sites for hydroxylation is 1. The van der Waals surface area contributed by atoms with Crippen LogP contribution in [0, 0.1) is 6.92 Å². The van der Waals surface area contributed by atoms with Crippen molar-refractivity contribution in [3.8, 4) is 10.6 Å². The maximum atomic E-state index is 4.68. The molecule has 0 amide bonds. The maximum absolute atomic E-state index is 4.68. The molecule has 0 bridgehead atoms. The van der Waals surface area contributed by atoms with Crippen LogP contribution < -0.4 is 5.32 Å². The van der Waals surface area contributed by atoms with Crippen LogP contribution >= 0.6 is 11.3 Å². The number of rotatable bonds is 4. The number of hydrogen-bond donors (Lipinski definition) is 1. The molecule has 0 aliphatic heterocycles. The van der Waals surface area contributed by atoms with Crippen LogP contribution in [0.3, 0.4) is 0 Å². The van der Waals surface area contributed by atoms with Gasteiger partial charge in [-0.15, -0.1) is 11.3 Å². The number of pyridine rings is 1. The fourth-order valence-corrected chi connectivity index (χ4v) is 3.60. The van der Waals surface area contributed by atoms with Crippen LogP contribution in [0.15, 0.2) is 24.5 Å². The molecule has 1 saturated carbocycles. The van der Waals surface area contributed by atoms with E-state index in [1.807, 2.05) is 24.5 Å². The van der Waals surface area contributed by atoms with Crippen LogP contribution in [0.5, 0.6) is 0 Å². The molecule has 2 aromatic heterocycles. The Balaban J connectivity index is 1.70. The van der Waals surface area contributed by atoms with Gasteiger partial charge in [0.1, 0.15) is 5.01 Å². The molecule has 2 aromatic rings. The molecular formula is C15H19N3S. The van der Waals surface area contributed by atoms with E-state index < -0.39 is 0 Å². The molecule has 100 valence electrons. The molecule has 0 radical (unpaired) electrons. The zero-order valence-electron chi connectivity index (χ0n) is 11.2. The second-order valence-electron chi connectivity index (χ2n) is 5.13. The molecule has 3 nitrogen and oxygen atoms in total. The normalized spacial score (nSPS) is 16.1. The van der Waals surface area contributed by atoms with E-state index in [0.717, 1.165) is 22.8 Å². The van der Waals surface area contributed by atoms with Crippen molar-refractivity contribution >= 4 is 11.3 Å². The van der Waals surface area contributed by atoms with Crippen LogP contribution in [-0.4, -0.2) is 16.0 Å². The summed E-state index contributed by atoms with van der Waals surface area (Å²) in [4.78, 5) is 10.1. The number of nitrogens with one attached hydrogen (secondary N) is 1. The Hall–Kier alpha value is -1.26. The van der Waals surface area contributed by atoms with E-state index in [1.165, 1.54) is 30.6 Å². The summed E-state index contributed by atoms with van der Waals surface area (Å²) in [5.41, 5.74) is 2.32. The second-order valence-corrected chi connectivity index (χ2v) is 6.21. The highest BCUT2D eigenvalue weighted by Crippen LogP contribution is 2.28. The Labute approximate surface area is 118 Å². The highest BCUT2D eigenvalue weighted by Gasteiger charge is 2.15. The molecule has 0 saturated heterocycles. The third kappa shape index (κ3) is 3.01. The van der Waals surface area contributed by atoms with E-state index in [-0.39, 0.29) is 0 Å². The average molecular weight is 273 g/mol. The van der Waals surface area contributed by atoms with Gasteiger partial charge in [-0.3, -0.25) is 4.98 Å². The van der Waals surface area contributed by atoms with Gasteiger partial charge in [-0.2, -0.15) is 0 Å². The first-order chi connectivity index (χ1) is 9.33. The fourth-order valence-electron chi connectivity index (χ4n) is 2.58. The molecule has 1 aliphatic rings. The number of aromatic nitrogens is 2. The van der Waals surface area contributed by atoms with Crippen molar-refractivity contribution in [3.63, 3.8) is 0 Å². The lowest BCUT2D eigenvalue weighted by atomic mass is 10.2. The smallest absolute Gasteiger partial charge is 0.124 e. The molecular weight excluding hydrogens is 254 g/mol. The van der Waals surface area contributed by atoms with Crippen molar-refractivity contribution in [2.24, 2.45) is 0 Å². The molecule has 0 aromatic carbocycles. The summed E-state index contributed by atoms with van der Waals surface area (Å²) in [6.07, 6.45) is 9.05. The number of hydrogen-bond acceptors (Lipinski definition) is 4. The predicted molar refractivity (Wildman–Crippen MR) is 79.2 cm³/mol. The summed E-state index contributed by atoms with van der Waals surface area (Å²) in [7, 11) is 0. The average Bonchev–Trinajstić information content (AvgIpc) is 3.07. The van der Waals surface area contributed by atoms with E-state index in [9.17, 15) is 0 Å². The second kappa shape index (κ2) is 5.80. The Morgan fingerprint density at radius 3 is 2.74 bits per heavy atom. The van der Waals surface area contributed by atoms with E-state index >= 15 is 0 Å². The van der Waals surface area contributed by atoms with Gasteiger partial charge in [0.15, 0.2) is 0 Å². The SMILES string of the molecule is Cc1nc(-c2ccncc2)sc1CNC1CCCC1. The van der Waals surface area contributed by atoms with Gasteiger partial charge >= 0.3 is 0 Å². The molecule has 0 unspecified atom stereocenters. The van der Waals surface area contributed by atoms with Gasteiger partial charge in [-0.05, 0) is 31.9 Å². The van der Waals surface area contributed by atoms with Crippen LogP contribution in [-0.2, 0) is 6.54 Å². The third-order valence-corrected chi connectivity index (χ3v) is 4.93. The Kier molecular flexibility index (Phi) is 3.89. The maximum Gasteiger partial charge on any atom is 0.124 e. The first-order valence-electron chi connectivity index (χ1n) is 6.93.